The van der Waals surface area contributed by atoms with Gasteiger partial charge in [-0.1, -0.05) is 0 Å². The van der Waals surface area contributed by atoms with Crippen molar-refractivity contribution in [3.05, 3.63) is 0 Å². The Hall–Kier alpha value is -0.770. The molecule has 1 atom stereocenters. The summed E-state index contributed by atoms with van der Waals surface area (Å²) in [6.07, 6.45) is -0.169. The maximum absolute atomic E-state index is 11.2. The fourth-order valence-electron chi connectivity index (χ4n) is 1.64. The minimum atomic E-state index is -0.418. The van der Waals surface area contributed by atoms with Crippen molar-refractivity contribution >= 4 is 6.09 Å². The van der Waals surface area contributed by atoms with Crippen molar-refractivity contribution in [3.63, 3.8) is 0 Å². The zero-order chi connectivity index (χ0) is 9.35. The van der Waals surface area contributed by atoms with Crippen molar-refractivity contribution in [2.75, 3.05) is 13.7 Å². The van der Waals surface area contributed by atoms with Crippen LogP contribution in [0, 0.1) is 0 Å². The summed E-state index contributed by atoms with van der Waals surface area (Å²) in [5, 5.41) is 9.33. The molecule has 1 N–H and O–H groups in total. The molecule has 12 heavy (non-hydrogen) atoms. The highest BCUT2D eigenvalue weighted by Crippen LogP contribution is 2.28. The lowest BCUT2D eigenvalue weighted by Crippen LogP contribution is -2.42. The number of nitrogens with zero attached hydrogens (tertiary/aromatic N) is 1. The summed E-state index contributed by atoms with van der Waals surface area (Å²) in [5.74, 6) is 0. The van der Waals surface area contributed by atoms with Crippen LogP contribution >= 0.6 is 0 Å². The molecule has 1 heterocycles. The van der Waals surface area contributed by atoms with Crippen LogP contribution in [0.25, 0.3) is 0 Å². The molecule has 0 aromatic rings. The highest BCUT2D eigenvalue weighted by atomic mass is 16.5. The van der Waals surface area contributed by atoms with Crippen LogP contribution in [0.1, 0.15) is 20.3 Å². The number of aliphatic hydroxyl groups excluding tert-OH is 1. The van der Waals surface area contributed by atoms with Gasteiger partial charge in [0, 0.05) is 5.54 Å². The largest absolute Gasteiger partial charge is 0.453 e. The molecular weight excluding hydrogens is 158 g/mol. The van der Waals surface area contributed by atoms with E-state index in [9.17, 15) is 9.90 Å². The third-order valence-corrected chi connectivity index (χ3v) is 2.25. The van der Waals surface area contributed by atoms with Gasteiger partial charge in [-0.05, 0) is 20.3 Å². The SMILES string of the molecule is COC(=O)N1CC(O)CC1(C)C. The molecule has 70 valence electrons. The molecule has 1 aliphatic heterocycles. The van der Waals surface area contributed by atoms with Gasteiger partial charge in [-0.15, -0.1) is 0 Å². The van der Waals surface area contributed by atoms with Crippen molar-refractivity contribution in [1.82, 2.24) is 4.90 Å². The second kappa shape index (κ2) is 2.94. The Balaban J connectivity index is 2.71. The number of hydrogen-bond acceptors (Lipinski definition) is 3. The number of ether oxygens (including phenoxy) is 1. The van der Waals surface area contributed by atoms with Crippen LogP contribution in [0.5, 0.6) is 0 Å². The number of aliphatic hydroxyl groups is 1. The summed E-state index contributed by atoms with van der Waals surface area (Å²) in [6, 6.07) is 0. The van der Waals surface area contributed by atoms with Crippen LogP contribution in [-0.2, 0) is 4.74 Å². The van der Waals surface area contributed by atoms with E-state index in [2.05, 4.69) is 4.74 Å². The molecule has 0 aromatic heterocycles. The zero-order valence-electron chi connectivity index (χ0n) is 7.70. The van der Waals surface area contributed by atoms with Crippen LogP contribution in [0.15, 0.2) is 0 Å². The zero-order valence-corrected chi connectivity index (χ0v) is 7.70. The minimum Gasteiger partial charge on any atom is -0.453 e. The number of carbonyl (C=O) groups is 1. The average molecular weight is 173 g/mol. The monoisotopic (exact) mass is 173 g/mol. The summed E-state index contributed by atoms with van der Waals surface area (Å²) in [6.45, 7) is 4.21. The lowest BCUT2D eigenvalue weighted by atomic mass is 10.0. The van der Waals surface area contributed by atoms with E-state index in [1.165, 1.54) is 7.11 Å². The quantitative estimate of drug-likeness (QED) is 0.583. The van der Waals surface area contributed by atoms with Gasteiger partial charge in [0.1, 0.15) is 0 Å². The van der Waals surface area contributed by atoms with Crippen LogP contribution in [0.3, 0.4) is 0 Å². The van der Waals surface area contributed by atoms with Gasteiger partial charge in [0.05, 0.1) is 19.8 Å². The van der Waals surface area contributed by atoms with Gasteiger partial charge in [-0.3, -0.25) is 0 Å². The van der Waals surface area contributed by atoms with E-state index in [0.29, 0.717) is 13.0 Å². The molecule has 0 saturated carbocycles. The molecule has 1 rings (SSSR count). The Morgan fingerprint density at radius 1 is 1.67 bits per heavy atom. The number of hydrogen-bond donors (Lipinski definition) is 1. The first kappa shape index (κ1) is 9.32. The summed E-state index contributed by atoms with van der Waals surface area (Å²) in [7, 11) is 1.35. The van der Waals surface area contributed by atoms with E-state index in [0.717, 1.165) is 0 Å². The number of β-amino-alcohol motifs (C(OH)–C–C–N with tert-alkyl or cyclic N) is 1. The molecule has 4 nitrogen and oxygen atoms in total. The van der Waals surface area contributed by atoms with Gasteiger partial charge in [0.25, 0.3) is 0 Å². The molecule has 1 aliphatic rings. The van der Waals surface area contributed by atoms with Crippen LogP contribution in [0.2, 0.25) is 0 Å². The standard InChI is InChI=1S/C8H15NO3/c1-8(2)4-6(10)5-9(8)7(11)12-3/h6,10H,4-5H2,1-3H3. The van der Waals surface area contributed by atoms with Gasteiger partial charge < -0.3 is 14.7 Å². The third-order valence-electron chi connectivity index (χ3n) is 2.25. The van der Waals surface area contributed by atoms with Gasteiger partial charge in [0.15, 0.2) is 0 Å². The van der Waals surface area contributed by atoms with Crippen molar-refractivity contribution in [2.24, 2.45) is 0 Å². The van der Waals surface area contributed by atoms with E-state index >= 15 is 0 Å². The van der Waals surface area contributed by atoms with E-state index in [1.807, 2.05) is 13.8 Å². The Labute approximate surface area is 72.1 Å². The molecule has 1 saturated heterocycles. The highest BCUT2D eigenvalue weighted by molar-refractivity contribution is 5.69. The Morgan fingerprint density at radius 2 is 2.25 bits per heavy atom. The smallest absolute Gasteiger partial charge is 0.410 e. The summed E-state index contributed by atoms with van der Waals surface area (Å²) in [4.78, 5) is 12.7. The van der Waals surface area contributed by atoms with Crippen molar-refractivity contribution in [1.29, 1.82) is 0 Å². The Bertz CT molecular complexity index is 191. The molecule has 4 heteroatoms. The van der Waals surface area contributed by atoms with E-state index in [4.69, 9.17) is 0 Å². The number of methoxy groups -OCH3 is 1. The summed E-state index contributed by atoms with van der Waals surface area (Å²) in [5.41, 5.74) is -0.285. The number of carbonyl (C=O) groups excluding carboxylic acids is 1. The molecule has 0 aromatic carbocycles. The van der Waals surface area contributed by atoms with Crippen molar-refractivity contribution in [2.45, 2.75) is 31.9 Å². The predicted octanol–water partition coefficient (Wildman–Crippen LogP) is 0.598. The highest BCUT2D eigenvalue weighted by Gasteiger charge is 2.40. The first-order chi connectivity index (χ1) is 5.47. The average Bonchev–Trinajstić information content (AvgIpc) is 2.23. The molecule has 0 spiro atoms. The molecule has 0 aliphatic carbocycles. The third kappa shape index (κ3) is 1.53. The molecule has 0 bridgehead atoms. The maximum atomic E-state index is 11.2. The normalized spacial score (nSPS) is 27.3. The van der Waals surface area contributed by atoms with Gasteiger partial charge in [-0.25, -0.2) is 4.79 Å². The van der Waals surface area contributed by atoms with Crippen LogP contribution in [0.4, 0.5) is 4.79 Å². The topological polar surface area (TPSA) is 49.8 Å². The lowest BCUT2D eigenvalue weighted by Gasteiger charge is -2.29. The molecule has 1 amide bonds. The first-order valence-electron chi connectivity index (χ1n) is 4.01. The summed E-state index contributed by atoms with van der Waals surface area (Å²) < 4.78 is 4.59. The second-order valence-electron chi connectivity index (χ2n) is 3.75. The molecule has 0 radical (unpaired) electrons. The van der Waals surface area contributed by atoms with Crippen LogP contribution in [-0.4, -0.2) is 41.4 Å². The van der Waals surface area contributed by atoms with Gasteiger partial charge >= 0.3 is 6.09 Å². The lowest BCUT2D eigenvalue weighted by molar-refractivity contribution is 0.0960. The fraction of sp³-hybridized carbons (Fsp3) is 0.875. The van der Waals surface area contributed by atoms with E-state index in [1.54, 1.807) is 4.90 Å². The fourth-order valence-corrected chi connectivity index (χ4v) is 1.64. The molecule has 1 fully saturated rings. The first-order valence-corrected chi connectivity index (χ1v) is 4.01. The number of likely N-dealkylation sites (tertiary alicyclic amines) is 1. The van der Waals surface area contributed by atoms with Crippen molar-refractivity contribution < 1.29 is 14.6 Å². The van der Waals surface area contributed by atoms with Gasteiger partial charge in [0.2, 0.25) is 0 Å². The van der Waals surface area contributed by atoms with E-state index < -0.39 is 6.10 Å². The minimum absolute atomic E-state index is 0.285. The van der Waals surface area contributed by atoms with Crippen molar-refractivity contribution in [3.8, 4) is 0 Å². The Morgan fingerprint density at radius 3 is 2.58 bits per heavy atom. The Kier molecular flexibility index (Phi) is 2.28. The summed E-state index contributed by atoms with van der Waals surface area (Å²) >= 11 is 0. The number of amides is 1. The molecule has 1 unspecified atom stereocenters. The second-order valence-corrected chi connectivity index (χ2v) is 3.75. The van der Waals surface area contributed by atoms with E-state index in [-0.39, 0.29) is 11.6 Å². The van der Waals surface area contributed by atoms with Gasteiger partial charge in [-0.2, -0.15) is 0 Å². The maximum Gasteiger partial charge on any atom is 0.410 e. The number of rotatable bonds is 0. The predicted molar refractivity (Wildman–Crippen MR) is 43.8 cm³/mol. The van der Waals surface area contributed by atoms with Crippen LogP contribution < -0.4 is 0 Å². The molecular formula is C8H15NO3.